The molecule has 0 spiro atoms. The van der Waals surface area contributed by atoms with Gasteiger partial charge in [0.05, 0.1) is 21.2 Å². The molecule has 0 atom stereocenters. The molecule has 1 N–H and O–H groups in total. The molecule has 1 aliphatic heterocycles. The molecular weight excluding hydrogens is 424 g/mol. The van der Waals surface area contributed by atoms with Crippen molar-refractivity contribution in [2.24, 2.45) is 10.2 Å². The summed E-state index contributed by atoms with van der Waals surface area (Å²) in [6, 6.07) is 13.9. The maximum Gasteiger partial charge on any atom is 0.262 e. The zero-order valence-electron chi connectivity index (χ0n) is 14.5. The van der Waals surface area contributed by atoms with Crippen LogP contribution in [0, 0.1) is 11.3 Å². The van der Waals surface area contributed by atoms with Gasteiger partial charge in [-0.2, -0.15) is 5.26 Å². The fraction of sp³-hybridized carbons (Fsp3) is 0.0500. The molecule has 0 unspecified atom stereocenters. The second-order valence-electron chi connectivity index (χ2n) is 6.14. The molecular formula is C20H11BrN4O3. The molecule has 1 aliphatic rings. The molecule has 8 heteroatoms. The summed E-state index contributed by atoms with van der Waals surface area (Å²) in [6.07, 6.45) is 0. The van der Waals surface area contributed by atoms with E-state index in [0.717, 1.165) is 10.3 Å². The minimum absolute atomic E-state index is 0.0655. The van der Waals surface area contributed by atoms with Crippen LogP contribution in [-0.4, -0.2) is 28.9 Å². The average Bonchev–Trinajstić information content (AvgIpc) is 2.92. The summed E-state index contributed by atoms with van der Waals surface area (Å²) in [4.78, 5) is 25.5. The zero-order chi connectivity index (χ0) is 20.0. The number of aromatic hydroxyl groups is 1. The number of nitrogens with zero attached hydrogens (tertiary/aromatic N) is 4. The van der Waals surface area contributed by atoms with Gasteiger partial charge in [0.2, 0.25) is 0 Å². The average molecular weight is 435 g/mol. The Morgan fingerprint density at radius 1 is 1.07 bits per heavy atom. The molecule has 2 amide bonds. The van der Waals surface area contributed by atoms with E-state index in [1.807, 2.05) is 24.3 Å². The number of benzene rings is 3. The first-order chi connectivity index (χ1) is 13.4. The molecule has 28 heavy (non-hydrogen) atoms. The molecule has 7 nitrogen and oxygen atoms in total. The van der Waals surface area contributed by atoms with E-state index in [0.29, 0.717) is 5.39 Å². The molecule has 0 aromatic heterocycles. The van der Waals surface area contributed by atoms with Gasteiger partial charge in [-0.3, -0.25) is 14.5 Å². The van der Waals surface area contributed by atoms with Gasteiger partial charge in [-0.1, -0.05) is 30.3 Å². The summed E-state index contributed by atoms with van der Waals surface area (Å²) in [6.45, 7) is 0. The fourth-order valence-electron chi connectivity index (χ4n) is 3.09. The topological polar surface area (TPSA) is 106 Å². The lowest BCUT2D eigenvalue weighted by molar-refractivity contribution is 0.0693. The number of carbonyl (C=O) groups excluding carboxylic acids is 2. The first-order valence-corrected chi connectivity index (χ1v) is 8.94. The van der Waals surface area contributed by atoms with Crippen LogP contribution in [-0.2, 0) is 0 Å². The van der Waals surface area contributed by atoms with Crippen molar-refractivity contribution in [2.75, 3.05) is 7.05 Å². The van der Waals surface area contributed by atoms with Crippen LogP contribution in [0.3, 0.4) is 0 Å². The number of halogens is 1. The van der Waals surface area contributed by atoms with Crippen LogP contribution in [0.1, 0.15) is 26.3 Å². The normalized spacial score (nSPS) is 13.4. The summed E-state index contributed by atoms with van der Waals surface area (Å²) in [5.74, 6) is -1.03. The first-order valence-electron chi connectivity index (χ1n) is 8.15. The molecule has 0 fully saturated rings. The summed E-state index contributed by atoms with van der Waals surface area (Å²) < 4.78 is 0.215. The Morgan fingerprint density at radius 3 is 2.54 bits per heavy atom. The molecule has 4 rings (SSSR count). The van der Waals surface area contributed by atoms with Crippen molar-refractivity contribution < 1.29 is 14.7 Å². The smallest absolute Gasteiger partial charge is 0.262 e. The van der Waals surface area contributed by atoms with Gasteiger partial charge >= 0.3 is 0 Å². The minimum atomic E-state index is -0.485. The standard InChI is InChI=1S/C20H11BrN4O3/c1-25-19(27)13-8-11(9-22)17(16(21)15(13)20(25)28)23-24-18-12-5-3-2-4-10(12)6-7-14(18)26/h2-8,26H,1H3. The molecule has 0 bridgehead atoms. The van der Waals surface area contributed by atoms with E-state index in [-0.39, 0.29) is 38.3 Å². The highest BCUT2D eigenvalue weighted by atomic mass is 79.9. The Hall–Kier alpha value is -3.57. The van der Waals surface area contributed by atoms with Crippen LogP contribution in [0.4, 0.5) is 11.4 Å². The number of nitriles is 1. The van der Waals surface area contributed by atoms with Crippen molar-refractivity contribution in [1.82, 2.24) is 4.90 Å². The SMILES string of the molecule is CN1C(=O)c2cc(C#N)c(N=Nc3c(O)ccc4ccccc34)c(Br)c2C1=O. The zero-order valence-corrected chi connectivity index (χ0v) is 16.1. The molecule has 3 aromatic carbocycles. The second-order valence-corrected chi connectivity index (χ2v) is 6.94. The number of hydrogen-bond acceptors (Lipinski definition) is 6. The number of carbonyl (C=O) groups is 2. The Morgan fingerprint density at radius 2 is 1.79 bits per heavy atom. The lowest BCUT2D eigenvalue weighted by Gasteiger charge is -2.06. The van der Waals surface area contributed by atoms with Crippen molar-refractivity contribution in [2.45, 2.75) is 0 Å². The van der Waals surface area contributed by atoms with Gasteiger partial charge in [0.1, 0.15) is 23.2 Å². The van der Waals surface area contributed by atoms with E-state index in [4.69, 9.17) is 0 Å². The Bertz CT molecular complexity index is 1260. The maximum atomic E-state index is 12.4. The quantitative estimate of drug-likeness (QED) is 0.460. The van der Waals surface area contributed by atoms with E-state index in [9.17, 15) is 20.0 Å². The maximum absolute atomic E-state index is 12.4. The number of azo groups is 1. The summed E-state index contributed by atoms with van der Waals surface area (Å²) in [5.41, 5.74) is 0.731. The molecule has 0 aliphatic carbocycles. The van der Waals surface area contributed by atoms with Crippen molar-refractivity contribution in [3.05, 3.63) is 63.6 Å². The Balaban J connectivity index is 1.91. The number of amides is 2. The Kier molecular flexibility index (Phi) is 4.17. The van der Waals surface area contributed by atoms with Crippen molar-refractivity contribution in [1.29, 1.82) is 5.26 Å². The highest BCUT2D eigenvalue weighted by Gasteiger charge is 2.37. The lowest BCUT2D eigenvalue weighted by atomic mass is 10.0. The number of hydrogen-bond donors (Lipinski definition) is 1. The fourth-order valence-corrected chi connectivity index (χ4v) is 3.77. The number of imide groups is 1. The van der Waals surface area contributed by atoms with Gasteiger partial charge < -0.3 is 5.11 Å². The van der Waals surface area contributed by atoms with Crippen LogP contribution >= 0.6 is 15.9 Å². The molecule has 0 saturated carbocycles. The predicted octanol–water partition coefficient (Wildman–Crippen LogP) is 4.82. The first kappa shape index (κ1) is 17.8. The van der Waals surface area contributed by atoms with Crippen LogP contribution in [0.2, 0.25) is 0 Å². The molecule has 3 aromatic rings. The number of phenolic OH excluding ortho intramolecular Hbond substituents is 1. The highest BCUT2D eigenvalue weighted by Crippen LogP contribution is 2.41. The van der Waals surface area contributed by atoms with Crippen LogP contribution < -0.4 is 0 Å². The van der Waals surface area contributed by atoms with Gasteiger partial charge in [0.15, 0.2) is 0 Å². The van der Waals surface area contributed by atoms with Crippen molar-refractivity contribution >= 4 is 49.9 Å². The van der Waals surface area contributed by atoms with Crippen molar-refractivity contribution in [3.8, 4) is 11.8 Å². The third-order valence-corrected chi connectivity index (χ3v) is 5.32. The van der Waals surface area contributed by atoms with Crippen LogP contribution in [0.25, 0.3) is 10.8 Å². The van der Waals surface area contributed by atoms with E-state index in [1.54, 1.807) is 12.1 Å². The van der Waals surface area contributed by atoms with Gasteiger partial charge in [0, 0.05) is 12.4 Å². The molecule has 0 radical (unpaired) electrons. The number of rotatable bonds is 2. The van der Waals surface area contributed by atoms with Gasteiger partial charge in [-0.05, 0) is 33.4 Å². The summed E-state index contributed by atoms with van der Waals surface area (Å²) in [5, 5.41) is 29.5. The third kappa shape index (κ3) is 2.56. The van der Waals surface area contributed by atoms with Crippen LogP contribution in [0.5, 0.6) is 5.75 Å². The number of fused-ring (bicyclic) bond motifs is 2. The Labute approximate surface area is 167 Å². The molecule has 0 saturated heterocycles. The van der Waals surface area contributed by atoms with Gasteiger partial charge in [-0.15, -0.1) is 10.2 Å². The summed E-state index contributed by atoms with van der Waals surface area (Å²) in [7, 11) is 1.37. The van der Waals surface area contributed by atoms with Crippen LogP contribution in [0.15, 0.2) is 57.2 Å². The van der Waals surface area contributed by atoms with E-state index in [1.165, 1.54) is 19.2 Å². The summed E-state index contributed by atoms with van der Waals surface area (Å²) >= 11 is 3.29. The van der Waals surface area contributed by atoms with E-state index < -0.39 is 11.8 Å². The van der Waals surface area contributed by atoms with E-state index in [2.05, 4.69) is 26.2 Å². The largest absolute Gasteiger partial charge is 0.506 e. The van der Waals surface area contributed by atoms with Gasteiger partial charge in [-0.25, -0.2) is 0 Å². The monoisotopic (exact) mass is 434 g/mol. The molecule has 136 valence electrons. The second kappa shape index (κ2) is 6.55. The lowest BCUT2D eigenvalue weighted by Crippen LogP contribution is -2.24. The predicted molar refractivity (Wildman–Crippen MR) is 105 cm³/mol. The number of phenols is 1. The third-order valence-electron chi connectivity index (χ3n) is 4.54. The van der Waals surface area contributed by atoms with E-state index >= 15 is 0 Å². The van der Waals surface area contributed by atoms with Crippen molar-refractivity contribution in [3.63, 3.8) is 0 Å². The highest BCUT2D eigenvalue weighted by molar-refractivity contribution is 9.10. The minimum Gasteiger partial charge on any atom is -0.506 e. The van der Waals surface area contributed by atoms with Gasteiger partial charge in [0.25, 0.3) is 11.8 Å². The molecule has 1 heterocycles.